The van der Waals surface area contributed by atoms with Gasteiger partial charge in [0.15, 0.2) is 0 Å². The van der Waals surface area contributed by atoms with Crippen LogP contribution in [0.4, 0.5) is 0 Å². The molecular weight excluding hydrogens is 238 g/mol. The predicted octanol–water partition coefficient (Wildman–Crippen LogP) is 3.14. The lowest BCUT2D eigenvalue weighted by Crippen LogP contribution is -2.29. The van der Waals surface area contributed by atoms with Crippen LogP contribution in [0.3, 0.4) is 0 Å². The summed E-state index contributed by atoms with van der Waals surface area (Å²) < 4.78 is 5.37. The molecule has 0 heterocycles. The molecule has 0 aromatic heterocycles. The van der Waals surface area contributed by atoms with E-state index in [0.717, 1.165) is 38.0 Å². The number of hydrogen-bond donors (Lipinski definition) is 0. The molecule has 3 nitrogen and oxygen atoms in total. The van der Waals surface area contributed by atoms with Gasteiger partial charge in [0, 0.05) is 6.54 Å². The van der Waals surface area contributed by atoms with Crippen LogP contribution in [0.1, 0.15) is 43.1 Å². The topological polar surface area (TPSA) is 29.5 Å². The van der Waals surface area contributed by atoms with Gasteiger partial charge >= 0.3 is 5.97 Å². The fraction of sp³-hybridized carbons (Fsp3) is 0.562. The van der Waals surface area contributed by atoms with E-state index < -0.39 is 0 Å². The minimum absolute atomic E-state index is 0.204. The Hall–Kier alpha value is -1.35. The number of aryl methyl sites for hydroxylation is 1. The molecule has 0 atom stereocenters. The summed E-state index contributed by atoms with van der Waals surface area (Å²) in [5, 5.41) is 0. The molecule has 3 heteroatoms. The smallest absolute Gasteiger partial charge is 0.338 e. The van der Waals surface area contributed by atoms with Gasteiger partial charge in [0.25, 0.3) is 0 Å². The summed E-state index contributed by atoms with van der Waals surface area (Å²) in [6.45, 7) is 9.66. The maximum Gasteiger partial charge on any atom is 0.338 e. The molecule has 0 bridgehead atoms. The number of hydrogen-bond acceptors (Lipinski definition) is 3. The molecule has 0 aliphatic carbocycles. The van der Waals surface area contributed by atoms with Crippen LogP contribution in [-0.2, 0) is 11.2 Å². The molecule has 106 valence electrons. The van der Waals surface area contributed by atoms with Gasteiger partial charge < -0.3 is 9.64 Å². The van der Waals surface area contributed by atoms with Crippen molar-refractivity contribution in [3.8, 4) is 0 Å². The van der Waals surface area contributed by atoms with E-state index in [2.05, 4.69) is 18.7 Å². The minimum atomic E-state index is -0.204. The van der Waals surface area contributed by atoms with Gasteiger partial charge in [-0.25, -0.2) is 4.79 Å². The summed E-state index contributed by atoms with van der Waals surface area (Å²) >= 11 is 0. The molecule has 0 saturated heterocycles. The molecular formula is C16H25NO2. The zero-order chi connectivity index (χ0) is 14.1. The molecule has 0 unspecified atom stereocenters. The second-order valence-electron chi connectivity index (χ2n) is 4.58. The van der Waals surface area contributed by atoms with Crippen molar-refractivity contribution in [2.75, 3.05) is 26.2 Å². The summed E-state index contributed by atoms with van der Waals surface area (Å²) in [6.07, 6.45) is 1.97. The van der Waals surface area contributed by atoms with Gasteiger partial charge in [-0.3, -0.25) is 0 Å². The van der Waals surface area contributed by atoms with E-state index >= 15 is 0 Å². The Balaban J connectivity index is 2.47. The highest BCUT2D eigenvalue weighted by atomic mass is 16.5. The highest BCUT2D eigenvalue weighted by molar-refractivity contribution is 5.91. The molecule has 1 aromatic carbocycles. The number of carbonyl (C=O) groups is 1. The Labute approximate surface area is 116 Å². The van der Waals surface area contributed by atoms with Crippen molar-refractivity contribution in [2.45, 2.75) is 33.6 Å². The molecule has 1 rings (SSSR count). The monoisotopic (exact) mass is 263 g/mol. The van der Waals surface area contributed by atoms with Crippen LogP contribution in [0.5, 0.6) is 0 Å². The first kappa shape index (κ1) is 15.7. The van der Waals surface area contributed by atoms with Gasteiger partial charge in [-0.15, -0.1) is 0 Å². The van der Waals surface area contributed by atoms with Gasteiger partial charge in [-0.05, 0) is 37.6 Å². The van der Waals surface area contributed by atoms with Crippen molar-refractivity contribution in [1.29, 1.82) is 0 Å². The number of rotatable bonds is 8. The number of carbonyl (C=O) groups excluding carboxylic acids is 1. The molecule has 0 N–H and O–H groups in total. The first-order chi connectivity index (χ1) is 9.22. The first-order valence-corrected chi connectivity index (χ1v) is 7.20. The van der Waals surface area contributed by atoms with Crippen LogP contribution in [0.25, 0.3) is 0 Å². The van der Waals surface area contributed by atoms with E-state index in [0.29, 0.717) is 12.2 Å². The van der Waals surface area contributed by atoms with Gasteiger partial charge in [0.2, 0.25) is 0 Å². The van der Waals surface area contributed by atoms with Crippen LogP contribution in [0.15, 0.2) is 24.3 Å². The largest absolute Gasteiger partial charge is 0.461 e. The SMILES string of the molecule is CCCN(CC)CCOC(=O)c1ccccc1CC. The number of esters is 1. The van der Waals surface area contributed by atoms with Crippen LogP contribution < -0.4 is 0 Å². The van der Waals surface area contributed by atoms with Crippen molar-refractivity contribution < 1.29 is 9.53 Å². The molecule has 0 spiro atoms. The molecule has 1 aromatic rings. The Morgan fingerprint density at radius 2 is 1.89 bits per heavy atom. The quantitative estimate of drug-likeness (QED) is 0.675. The standard InChI is InChI=1S/C16H25NO2/c1-4-11-17(6-3)12-13-19-16(18)15-10-8-7-9-14(15)5-2/h7-10H,4-6,11-13H2,1-3H3. The summed E-state index contributed by atoms with van der Waals surface area (Å²) in [4.78, 5) is 14.3. The number of benzene rings is 1. The third-order valence-electron chi connectivity index (χ3n) is 3.25. The highest BCUT2D eigenvalue weighted by Crippen LogP contribution is 2.10. The van der Waals surface area contributed by atoms with Crippen molar-refractivity contribution >= 4 is 5.97 Å². The van der Waals surface area contributed by atoms with E-state index in [9.17, 15) is 4.79 Å². The van der Waals surface area contributed by atoms with Gasteiger partial charge in [0.1, 0.15) is 6.61 Å². The molecule has 0 aliphatic heterocycles. The average molecular weight is 263 g/mol. The molecule has 0 amide bonds. The van der Waals surface area contributed by atoms with Crippen LogP contribution in [0.2, 0.25) is 0 Å². The number of ether oxygens (including phenoxy) is 1. The molecule has 0 aliphatic rings. The van der Waals surface area contributed by atoms with Crippen LogP contribution in [-0.4, -0.2) is 37.1 Å². The van der Waals surface area contributed by atoms with Crippen molar-refractivity contribution in [3.63, 3.8) is 0 Å². The lowest BCUT2D eigenvalue weighted by Gasteiger charge is -2.19. The Bertz CT molecular complexity index is 390. The maximum atomic E-state index is 12.0. The van der Waals surface area contributed by atoms with E-state index in [1.54, 1.807) is 0 Å². The molecule has 19 heavy (non-hydrogen) atoms. The third kappa shape index (κ3) is 5.03. The molecule has 0 radical (unpaired) electrons. The fourth-order valence-corrected chi connectivity index (χ4v) is 2.12. The highest BCUT2D eigenvalue weighted by Gasteiger charge is 2.11. The lowest BCUT2D eigenvalue weighted by atomic mass is 10.1. The second-order valence-corrected chi connectivity index (χ2v) is 4.58. The second kappa shape index (κ2) is 8.70. The zero-order valence-corrected chi connectivity index (χ0v) is 12.3. The van der Waals surface area contributed by atoms with Crippen molar-refractivity contribution in [2.24, 2.45) is 0 Å². The van der Waals surface area contributed by atoms with Gasteiger partial charge in [0.05, 0.1) is 5.56 Å². The molecule has 0 saturated carbocycles. The summed E-state index contributed by atoms with van der Waals surface area (Å²) in [7, 11) is 0. The third-order valence-corrected chi connectivity index (χ3v) is 3.25. The van der Waals surface area contributed by atoms with Crippen LogP contribution >= 0.6 is 0 Å². The molecule has 0 fully saturated rings. The van der Waals surface area contributed by atoms with E-state index in [4.69, 9.17) is 4.74 Å². The first-order valence-electron chi connectivity index (χ1n) is 7.20. The normalized spacial score (nSPS) is 10.7. The van der Waals surface area contributed by atoms with E-state index in [1.165, 1.54) is 0 Å². The summed E-state index contributed by atoms with van der Waals surface area (Å²) in [5.74, 6) is -0.204. The van der Waals surface area contributed by atoms with E-state index in [-0.39, 0.29) is 5.97 Å². The van der Waals surface area contributed by atoms with Gasteiger partial charge in [-0.2, -0.15) is 0 Å². The zero-order valence-electron chi connectivity index (χ0n) is 12.3. The predicted molar refractivity (Wildman–Crippen MR) is 78.5 cm³/mol. The van der Waals surface area contributed by atoms with Crippen molar-refractivity contribution in [3.05, 3.63) is 35.4 Å². The average Bonchev–Trinajstić information content (AvgIpc) is 2.46. The summed E-state index contributed by atoms with van der Waals surface area (Å²) in [6, 6.07) is 7.65. The summed E-state index contributed by atoms with van der Waals surface area (Å²) in [5.41, 5.74) is 1.75. The number of nitrogens with zero attached hydrogens (tertiary/aromatic N) is 1. The fourth-order valence-electron chi connectivity index (χ4n) is 2.12. The van der Waals surface area contributed by atoms with Crippen molar-refractivity contribution in [1.82, 2.24) is 4.90 Å². The Morgan fingerprint density at radius 1 is 1.16 bits per heavy atom. The van der Waals surface area contributed by atoms with Gasteiger partial charge in [-0.1, -0.05) is 39.0 Å². The van der Waals surface area contributed by atoms with Crippen LogP contribution in [0, 0.1) is 0 Å². The van der Waals surface area contributed by atoms with E-state index in [1.807, 2.05) is 31.2 Å². The minimum Gasteiger partial charge on any atom is -0.461 e. The maximum absolute atomic E-state index is 12.0. The lowest BCUT2D eigenvalue weighted by molar-refractivity contribution is 0.0463. The Kier molecular flexibility index (Phi) is 7.19. The Morgan fingerprint density at radius 3 is 2.53 bits per heavy atom. The number of likely N-dealkylation sites (N-methyl/N-ethyl adjacent to an activating group) is 1.